The molecule has 6 heteroatoms. The van der Waals surface area contributed by atoms with E-state index in [0.717, 1.165) is 24.2 Å². The number of hydrogen-bond acceptors (Lipinski definition) is 3. The molecule has 0 aromatic heterocycles. The first kappa shape index (κ1) is 19.4. The van der Waals surface area contributed by atoms with E-state index in [2.05, 4.69) is 11.7 Å². The van der Waals surface area contributed by atoms with Gasteiger partial charge in [-0.3, -0.25) is 0 Å². The molecule has 0 amide bonds. The zero-order valence-corrected chi connectivity index (χ0v) is 15.2. The summed E-state index contributed by atoms with van der Waals surface area (Å²) in [6.45, 7) is 8.49. The number of benzene rings is 1. The molecule has 0 aliphatic heterocycles. The Morgan fingerprint density at radius 1 is 1.26 bits per heavy atom. The predicted molar refractivity (Wildman–Crippen MR) is 91.8 cm³/mol. The summed E-state index contributed by atoms with van der Waals surface area (Å²) in [7, 11) is -3.74. The van der Waals surface area contributed by atoms with E-state index in [1.54, 1.807) is 19.1 Å². The third-order valence-corrected chi connectivity index (χ3v) is 5.10. The van der Waals surface area contributed by atoms with Crippen molar-refractivity contribution in [1.82, 2.24) is 0 Å². The summed E-state index contributed by atoms with van der Waals surface area (Å²) in [4.78, 5) is 2.81. The second-order valence-corrected chi connectivity index (χ2v) is 7.73. The summed E-state index contributed by atoms with van der Waals surface area (Å²) in [5.41, 5.74) is 10.5. The standard InChI is InChI=1S/C17H26N2O3S/c1-5-6-7-8-9-22-16-10-14(4)17(11-15(16)13(2)3)23(20,21)12-19-18/h10-13H,5-9H2,1-4H3. The fourth-order valence-corrected chi connectivity index (χ4v) is 3.43. The maximum absolute atomic E-state index is 12.1. The number of sulfone groups is 1. The summed E-state index contributed by atoms with van der Waals surface area (Å²) in [6, 6.07) is 3.38. The highest BCUT2D eigenvalue weighted by atomic mass is 32.2. The zero-order valence-electron chi connectivity index (χ0n) is 14.4. The molecule has 1 aromatic rings. The van der Waals surface area contributed by atoms with E-state index in [0.29, 0.717) is 17.7 Å². The van der Waals surface area contributed by atoms with Crippen LogP contribution in [0, 0.1) is 6.92 Å². The molecule has 0 heterocycles. The lowest BCUT2D eigenvalue weighted by Crippen LogP contribution is -2.08. The van der Waals surface area contributed by atoms with Crippen LogP contribution in [0.4, 0.5) is 0 Å². The van der Waals surface area contributed by atoms with Crippen molar-refractivity contribution in [3.63, 3.8) is 0 Å². The Balaban J connectivity index is 3.09. The summed E-state index contributed by atoms with van der Waals surface area (Å²) < 4.78 is 30.1. The van der Waals surface area contributed by atoms with Gasteiger partial charge in [0.25, 0.3) is 9.84 Å². The summed E-state index contributed by atoms with van der Waals surface area (Å²) in [5, 5.41) is 0. The number of ether oxygens (including phenoxy) is 1. The van der Waals surface area contributed by atoms with Crippen LogP contribution < -0.4 is 4.74 Å². The fourth-order valence-electron chi connectivity index (χ4n) is 2.39. The quantitative estimate of drug-likeness (QED) is 0.223. The van der Waals surface area contributed by atoms with Crippen molar-refractivity contribution in [2.45, 2.75) is 64.2 Å². The van der Waals surface area contributed by atoms with Crippen molar-refractivity contribution in [3.8, 4) is 5.75 Å². The Hall–Kier alpha value is -1.65. The van der Waals surface area contributed by atoms with Gasteiger partial charge >= 0.3 is 5.55 Å². The minimum Gasteiger partial charge on any atom is -0.493 e. The highest BCUT2D eigenvalue weighted by Gasteiger charge is 2.22. The van der Waals surface area contributed by atoms with Crippen molar-refractivity contribution in [2.24, 2.45) is 0 Å². The zero-order chi connectivity index (χ0) is 17.5. The summed E-state index contributed by atoms with van der Waals surface area (Å²) in [6.07, 6.45) is 4.49. The van der Waals surface area contributed by atoms with E-state index in [4.69, 9.17) is 10.3 Å². The maximum atomic E-state index is 12.1. The van der Waals surface area contributed by atoms with Crippen LogP contribution in [0.25, 0.3) is 5.53 Å². The first-order chi connectivity index (χ1) is 10.8. The van der Waals surface area contributed by atoms with E-state index in [-0.39, 0.29) is 10.8 Å². The lowest BCUT2D eigenvalue weighted by Gasteiger charge is -2.16. The molecule has 0 aliphatic carbocycles. The van der Waals surface area contributed by atoms with Crippen LogP contribution in [0.3, 0.4) is 0 Å². The number of aryl methyl sites for hydroxylation is 1. The molecule has 0 saturated carbocycles. The molecule has 0 bridgehead atoms. The average Bonchev–Trinajstić information content (AvgIpc) is 2.46. The number of rotatable bonds is 9. The third-order valence-electron chi connectivity index (χ3n) is 3.68. The lowest BCUT2D eigenvalue weighted by atomic mass is 10.0. The number of hydrogen-bond donors (Lipinski definition) is 0. The first-order valence-electron chi connectivity index (χ1n) is 8.03. The molecule has 0 fully saturated rings. The molecule has 0 radical (unpaired) electrons. The van der Waals surface area contributed by atoms with Crippen LogP contribution >= 0.6 is 0 Å². The van der Waals surface area contributed by atoms with Crippen LogP contribution in [0.5, 0.6) is 5.75 Å². The predicted octanol–water partition coefficient (Wildman–Crippen LogP) is 4.11. The van der Waals surface area contributed by atoms with Crippen molar-refractivity contribution >= 4 is 15.4 Å². The molecule has 0 atom stereocenters. The van der Waals surface area contributed by atoms with Crippen LogP contribution in [0.1, 0.15) is 63.5 Å². The average molecular weight is 338 g/mol. The van der Waals surface area contributed by atoms with Crippen LogP contribution in [-0.2, 0) is 9.84 Å². The number of unbranched alkanes of at least 4 members (excludes halogenated alkanes) is 3. The minimum atomic E-state index is -3.74. The van der Waals surface area contributed by atoms with Crippen molar-refractivity contribution in [2.75, 3.05) is 6.61 Å². The molecule has 128 valence electrons. The Labute approximate surface area is 139 Å². The van der Waals surface area contributed by atoms with E-state index < -0.39 is 9.84 Å². The second-order valence-electron chi connectivity index (χ2n) is 5.99. The van der Waals surface area contributed by atoms with E-state index in [9.17, 15) is 8.42 Å². The van der Waals surface area contributed by atoms with E-state index >= 15 is 0 Å². The van der Waals surface area contributed by atoms with Gasteiger partial charge in [0.05, 0.1) is 11.5 Å². The molecular weight excluding hydrogens is 312 g/mol. The van der Waals surface area contributed by atoms with Crippen LogP contribution in [-0.4, -0.2) is 25.4 Å². The van der Waals surface area contributed by atoms with E-state index in [1.807, 2.05) is 13.8 Å². The van der Waals surface area contributed by atoms with Crippen LogP contribution in [0.15, 0.2) is 17.0 Å². The Bertz CT molecular complexity index is 675. The molecule has 1 aromatic carbocycles. The van der Waals surface area contributed by atoms with Gasteiger partial charge in [-0.15, -0.1) is 0 Å². The van der Waals surface area contributed by atoms with Crippen molar-refractivity contribution < 1.29 is 17.9 Å². The van der Waals surface area contributed by atoms with Gasteiger partial charge in [-0.1, -0.05) is 40.0 Å². The molecule has 0 N–H and O–H groups in total. The molecule has 1 rings (SSSR count). The van der Waals surface area contributed by atoms with Crippen LogP contribution in [0.2, 0.25) is 0 Å². The fraction of sp³-hybridized carbons (Fsp3) is 0.588. The molecule has 23 heavy (non-hydrogen) atoms. The molecule has 0 saturated heterocycles. The van der Waals surface area contributed by atoms with Gasteiger partial charge in [0, 0.05) is 0 Å². The molecule has 0 aliphatic rings. The van der Waals surface area contributed by atoms with E-state index in [1.165, 1.54) is 12.8 Å². The third kappa shape index (κ3) is 5.48. The summed E-state index contributed by atoms with van der Waals surface area (Å²) in [5.74, 6) is 0.857. The van der Waals surface area contributed by atoms with Gasteiger partial charge in [0.2, 0.25) is 0 Å². The topological polar surface area (TPSA) is 79.8 Å². The number of nitrogens with zero attached hydrogens (tertiary/aromatic N) is 2. The highest BCUT2D eigenvalue weighted by Crippen LogP contribution is 2.32. The normalized spacial score (nSPS) is 11.3. The lowest BCUT2D eigenvalue weighted by molar-refractivity contribution is 0.00753. The van der Waals surface area contributed by atoms with Gasteiger partial charge in [-0.25, -0.2) is 8.42 Å². The van der Waals surface area contributed by atoms with Gasteiger partial charge in [-0.2, -0.15) is 4.79 Å². The van der Waals surface area contributed by atoms with Crippen molar-refractivity contribution in [1.29, 1.82) is 0 Å². The molecular formula is C17H26N2O3S. The smallest absolute Gasteiger partial charge is 0.374 e. The van der Waals surface area contributed by atoms with Gasteiger partial charge in [0.15, 0.2) is 0 Å². The first-order valence-corrected chi connectivity index (χ1v) is 9.58. The largest absolute Gasteiger partial charge is 0.493 e. The SMILES string of the molecule is CCCCCCOc1cc(C)c(S(=O)(=O)C=[N+]=[N-])cc1C(C)C. The molecule has 0 unspecified atom stereocenters. The molecule has 5 nitrogen and oxygen atoms in total. The van der Waals surface area contributed by atoms with Gasteiger partial charge < -0.3 is 10.3 Å². The second kappa shape index (κ2) is 8.85. The monoisotopic (exact) mass is 338 g/mol. The summed E-state index contributed by atoms with van der Waals surface area (Å²) >= 11 is 0. The highest BCUT2D eigenvalue weighted by molar-refractivity contribution is 8.04. The maximum Gasteiger partial charge on any atom is 0.374 e. The van der Waals surface area contributed by atoms with Gasteiger partial charge in [0.1, 0.15) is 5.75 Å². The van der Waals surface area contributed by atoms with Gasteiger partial charge in [-0.05, 0) is 42.5 Å². The Morgan fingerprint density at radius 3 is 2.52 bits per heavy atom. The molecule has 0 spiro atoms. The minimum absolute atomic E-state index is 0.126. The van der Waals surface area contributed by atoms with Crippen molar-refractivity contribution in [3.05, 3.63) is 28.8 Å². The Morgan fingerprint density at radius 2 is 1.96 bits per heavy atom. The Kier molecular flexibility index (Phi) is 7.46.